The van der Waals surface area contributed by atoms with Crippen LogP contribution in [0.5, 0.6) is 0 Å². The molecule has 0 spiro atoms. The van der Waals surface area contributed by atoms with Crippen LogP contribution in [0.2, 0.25) is 0 Å². The number of nitrogens with two attached hydrogens (primary N) is 1. The van der Waals surface area contributed by atoms with E-state index in [0.29, 0.717) is 32.7 Å². The van der Waals surface area contributed by atoms with Crippen LogP contribution >= 0.6 is 12.4 Å². The monoisotopic (exact) mass is 321 g/mol. The van der Waals surface area contributed by atoms with Crippen LogP contribution in [-0.2, 0) is 9.53 Å². The van der Waals surface area contributed by atoms with Gasteiger partial charge in [-0.3, -0.25) is 4.79 Å². The lowest BCUT2D eigenvalue weighted by Crippen LogP contribution is -2.39. The summed E-state index contributed by atoms with van der Waals surface area (Å²) in [6, 6.07) is 0. The van der Waals surface area contributed by atoms with E-state index in [0.717, 1.165) is 19.4 Å². The zero-order chi connectivity index (χ0) is 14.8. The van der Waals surface area contributed by atoms with Crippen LogP contribution < -0.4 is 11.1 Å². The predicted molar refractivity (Wildman–Crippen MR) is 88.8 cm³/mol. The Labute approximate surface area is 135 Å². The SMILES string of the molecule is CN(C)CCOCCNC(=O)CC1(CN)CCCCC1.Cl. The number of nitrogens with one attached hydrogen (secondary N) is 1. The van der Waals surface area contributed by atoms with Crippen molar-refractivity contribution in [2.75, 3.05) is 46.9 Å². The molecule has 0 heterocycles. The van der Waals surface area contributed by atoms with E-state index in [9.17, 15) is 4.79 Å². The fourth-order valence-electron chi connectivity index (χ4n) is 2.77. The highest BCUT2D eigenvalue weighted by Gasteiger charge is 2.32. The Bertz CT molecular complexity index is 282. The normalized spacial score (nSPS) is 17.3. The fraction of sp³-hybridized carbons (Fsp3) is 0.933. The van der Waals surface area contributed by atoms with Crippen LogP contribution in [0.3, 0.4) is 0 Å². The molecule has 126 valence electrons. The first-order valence-corrected chi connectivity index (χ1v) is 7.77. The van der Waals surface area contributed by atoms with E-state index < -0.39 is 0 Å². The van der Waals surface area contributed by atoms with Gasteiger partial charge in [-0.15, -0.1) is 12.4 Å². The summed E-state index contributed by atoms with van der Waals surface area (Å²) in [7, 11) is 4.03. The van der Waals surface area contributed by atoms with E-state index in [1.165, 1.54) is 19.3 Å². The molecule has 0 radical (unpaired) electrons. The highest BCUT2D eigenvalue weighted by Crippen LogP contribution is 2.38. The van der Waals surface area contributed by atoms with Gasteiger partial charge in [-0.05, 0) is 38.9 Å². The van der Waals surface area contributed by atoms with Gasteiger partial charge >= 0.3 is 0 Å². The van der Waals surface area contributed by atoms with E-state index in [1.54, 1.807) is 0 Å². The average molecular weight is 322 g/mol. The molecule has 0 aromatic carbocycles. The van der Waals surface area contributed by atoms with Gasteiger partial charge < -0.3 is 20.7 Å². The number of hydrogen-bond donors (Lipinski definition) is 2. The molecule has 0 bridgehead atoms. The molecule has 0 atom stereocenters. The van der Waals surface area contributed by atoms with Crippen molar-refractivity contribution in [3.8, 4) is 0 Å². The summed E-state index contributed by atoms with van der Waals surface area (Å²) in [6.07, 6.45) is 6.45. The van der Waals surface area contributed by atoms with Gasteiger partial charge in [-0.1, -0.05) is 19.3 Å². The van der Waals surface area contributed by atoms with Gasteiger partial charge in [0, 0.05) is 19.5 Å². The standard InChI is InChI=1S/C15H31N3O2.ClH/c1-18(2)9-11-20-10-8-17-14(19)12-15(13-16)6-4-3-5-7-15;/h3-13,16H2,1-2H3,(H,17,19);1H. The molecule has 1 aliphatic carbocycles. The first-order valence-electron chi connectivity index (χ1n) is 7.77. The molecule has 21 heavy (non-hydrogen) atoms. The van der Waals surface area contributed by atoms with Crippen LogP contribution in [0.1, 0.15) is 38.5 Å². The van der Waals surface area contributed by atoms with E-state index in [-0.39, 0.29) is 23.7 Å². The van der Waals surface area contributed by atoms with Crippen LogP contribution in [0.25, 0.3) is 0 Å². The summed E-state index contributed by atoms with van der Waals surface area (Å²) < 4.78 is 5.46. The van der Waals surface area contributed by atoms with Gasteiger partial charge in [-0.25, -0.2) is 0 Å². The quantitative estimate of drug-likeness (QED) is 0.630. The molecule has 0 aromatic rings. The molecule has 0 saturated heterocycles. The number of carbonyl (C=O) groups excluding carboxylic acids is 1. The van der Waals surface area contributed by atoms with Crippen LogP contribution in [0.15, 0.2) is 0 Å². The molecular formula is C15H32ClN3O2. The molecule has 1 amide bonds. The van der Waals surface area contributed by atoms with Crippen molar-refractivity contribution in [3.63, 3.8) is 0 Å². The van der Waals surface area contributed by atoms with Gasteiger partial charge in [0.25, 0.3) is 0 Å². The molecule has 6 heteroatoms. The zero-order valence-corrected chi connectivity index (χ0v) is 14.3. The number of likely N-dealkylation sites (N-methyl/N-ethyl adjacent to an activating group) is 1. The van der Waals surface area contributed by atoms with E-state index in [4.69, 9.17) is 10.5 Å². The summed E-state index contributed by atoms with van der Waals surface area (Å²) in [5.41, 5.74) is 5.95. The predicted octanol–water partition coefficient (Wildman–Crippen LogP) is 1.40. The minimum absolute atomic E-state index is 0. The van der Waals surface area contributed by atoms with Crippen molar-refractivity contribution >= 4 is 18.3 Å². The Morgan fingerprint density at radius 3 is 2.48 bits per heavy atom. The second-order valence-electron chi connectivity index (χ2n) is 6.21. The lowest BCUT2D eigenvalue weighted by atomic mass is 9.72. The van der Waals surface area contributed by atoms with E-state index in [1.807, 2.05) is 14.1 Å². The molecule has 1 saturated carbocycles. The summed E-state index contributed by atoms with van der Waals surface area (Å²) in [5.74, 6) is 0.119. The first kappa shape index (κ1) is 20.6. The Balaban J connectivity index is 0.00000400. The minimum atomic E-state index is 0. The number of carbonyl (C=O) groups is 1. The topological polar surface area (TPSA) is 67.6 Å². The van der Waals surface area contributed by atoms with E-state index >= 15 is 0 Å². The van der Waals surface area contributed by atoms with E-state index in [2.05, 4.69) is 10.2 Å². The second-order valence-corrected chi connectivity index (χ2v) is 6.21. The third-order valence-corrected chi connectivity index (χ3v) is 4.13. The summed E-state index contributed by atoms with van der Waals surface area (Å²) >= 11 is 0. The maximum Gasteiger partial charge on any atom is 0.220 e. The van der Waals surface area contributed by atoms with Gasteiger partial charge in [-0.2, -0.15) is 0 Å². The molecule has 1 fully saturated rings. The molecule has 0 aliphatic heterocycles. The molecule has 5 nitrogen and oxygen atoms in total. The number of halogens is 1. The number of amides is 1. The van der Waals surface area contributed by atoms with Crippen LogP contribution in [0, 0.1) is 5.41 Å². The zero-order valence-electron chi connectivity index (χ0n) is 13.5. The lowest BCUT2D eigenvalue weighted by Gasteiger charge is -2.35. The smallest absolute Gasteiger partial charge is 0.220 e. The largest absolute Gasteiger partial charge is 0.378 e. The maximum absolute atomic E-state index is 12.0. The Kier molecular flexibility index (Phi) is 11.0. The summed E-state index contributed by atoms with van der Waals surface area (Å²) in [5, 5.41) is 2.94. The summed E-state index contributed by atoms with van der Waals surface area (Å²) in [4.78, 5) is 14.1. The number of nitrogens with zero attached hydrogens (tertiary/aromatic N) is 1. The molecule has 1 aliphatic rings. The Morgan fingerprint density at radius 2 is 1.90 bits per heavy atom. The van der Waals surface area contributed by atoms with Gasteiger partial charge in [0.05, 0.1) is 13.2 Å². The lowest BCUT2D eigenvalue weighted by molar-refractivity contribution is -0.124. The maximum atomic E-state index is 12.0. The molecule has 0 unspecified atom stereocenters. The van der Waals surface area contributed by atoms with Crippen molar-refractivity contribution in [2.24, 2.45) is 11.1 Å². The van der Waals surface area contributed by atoms with Gasteiger partial charge in [0.15, 0.2) is 0 Å². The van der Waals surface area contributed by atoms with Gasteiger partial charge in [0.1, 0.15) is 0 Å². The van der Waals surface area contributed by atoms with Crippen molar-refractivity contribution in [1.82, 2.24) is 10.2 Å². The summed E-state index contributed by atoms with van der Waals surface area (Å²) in [6.45, 7) is 3.40. The highest BCUT2D eigenvalue weighted by molar-refractivity contribution is 5.85. The average Bonchev–Trinajstić information content (AvgIpc) is 2.43. The minimum Gasteiger partial charge on any atom is -0.378 e. The second kappa shape index (κ2) is 11.2. The number of ether oxygens (including phenoxy) is 1. The van der Waals surface area contributed by atoms with Gasteiger partial charge in [0.2, 0.25) is 5.91 Å². The van der Waals surface area contributed by atoms with Crippen molar-refractivity contribution in [1.29, 1.82) is 0 Å². The molecular weight excluding hydrogens is 290 g/mol. The number of rotatable bonds is 9. The fourth-order valence-corrected chi connectivity index (χ4v) is 2.77. The third kappa shape index (κ3) is 8.61. The molecule has 0 aromatic heterocycles. The molecule has 1 rings (SSSR count). The van der Waals surface area contributed by atoms with Crippen molar-refractivity contribution in [2.45, 2.75) is 38.5 Å². The Hall–Kier alpha value is -0.360. The third-order valence-electron chi connectivity index (χ3n) is 4.13. The van der Waals surface area contributed by atoms with Crippen LogP contribution in [0.4, 0.5) is 0 Å². The molecule has 3 N–H and O–H groups in total. The highest BCUT2D eigenvalue weighted by atomic mass is 35.5. The Morgan fingerprint density at radius 1 is 1.24 bits per heavy atom. The first-order chi connectivity index (χ1) is 9.58. The van der Waals surface area contributed by atoms with Crippen LogP contribution in [-0.4, -0.2) is 57.8 Å². The van der Waals surface area contributed by atoms with Crippen molar-refractivity contribution in [3.05, 3.63) is 0 Å². The van der Waals surface area contributed by atoms with Crippen molar-refractivity contribution < 1.29 is 9.53 Å². The number of hydrogen-bond acceptors (Lipinski definition) is 4.